The Balaban J connectivity index is 1.95. The van der Waals surface area contributed by atoms with Gasteiger partial charge in [-0.15, -0.1) is 0 Å². The Morgan fingerprint density at radius 2 is 2.00 bits per heavy atom. The van der Waals surface area contributed by atoms with Crippen LogP contribution in [0.1, 0.15) is 35.7 Å². The molecule has 1 heterocycles. The maximum absolute atomic E-state index is 12.4. The van der Waals surface area contributed by atoms with Gasteiger partial charge in [0.2, 0.25) is 0 Å². The van der Waals surface area contributed by atoms with E-state index in [1.807, 2.05) is 12.1 Å². The summed E-state index contributed by atoms with van der Waals surface area (Å²) in [6.07, 6.45) is 3.44. The molecule has 2 rings (SSSR count). The van der Waals surface area contributed by atoms with E-state index in [-0.39, 0.29) is 5.78 Å². The van der Waals surface area contributed by atoms with Crippen molar-refractivity contribution >= 4 is 5.78 Å². The number of likely N-dealkylation sites (tertiary alicyclic amines) is 1. The number of benzene rings is 1. The number of nitrogens with zero attached hydrogens (tertiary/aromatic N) is 2. The minimum Gasteiger partial charge on any atom is -0.308 e. The molecule has 1 atom stereocenters. The van der Waals surface area contributed by atoms with Crippen LogP contribution in [0.3, 0.4) is 0 Å². The number of carbonyl (C=O) groups excluding carboxylic acids is 1. The molecule has 0 spiro atoms. The molecule has 3 nitrogen and oxygen atoms in total. The van der Waals surface area contributed by atoms with Crippen molar-refractivity contribution in [1.29, 1.82) is 0 Å². The standard InChI is InChI=1S/C17H26N2O/c1-4-14-7-9-15(10-8-14)17(20)13-19-11-5-6-16(19)12-18(2)3/h7-10,16H,4-6,11-13H2,1-3H3. The summed E-state index contributed by atoms with van der Waals surface area (Å²) in [7, 11) is 4.20. The van der Waals surface area contributed by atoms with Crippen LogP contribution in [0.5, 0.6) is 0 Å². The van der Waals surface area contributed by atoms with E-state index in [1.165, 1.54) is 18.4 Å². The van der Waals surface area contributed by atoms with E-state index in [0.717, 1.165) is 25.1 Å². The van der Waals surface area contributed by atoms with Crippen molar-refractivity contribution in [1.82, 2.24) is 9.80 Å². The van der Waals surface area contributed by atoms with Gasteiger partial charge in [-0.05, 0) is 45.5 Å². The third-order valence-electron chi connectivity index (χ3n) is 4.11. The second-order valence-corrected chi connectivity index (χ2v) is 6.00. The van der Waals surface area contributed by atoms with Gasteiger partial charge < -0.3 is 4.90 Å². The van der Waals surface area contributed by atoms with Crippen molar-refractivity contribution < 1.29 is 4.79 Å². The van der Waals surface area contributed by atoms with Crippen molar-refractivity contribution in [2.45, 2.75) is 32.2 Å². The second-order valence-electron chi connectivity index (χ2n) is 6.00. The van der Waals surface area contributed by atoms with Gasteiger partial charge >= 0.3 is 0 Å². The zero-order chi connectivity index (χ0) is 14.5. The average Bonchev–Trinajstić information content (AvgIpc) is 2.85. The van der Waals surface area contributed by atoms with Crippen LogP contribution in [0.15, 0.2) is 24.3 Å². The van der Waals surface area contributed by atoms with Crippen molar-refractivity contribution in [2.75, 3.05) is 33.7 Å². The number of aryl methyl sites for hydroxylation is 1. The van der Waals surface area contributed by atoms with Crippen LogP contribution in [0, 0.1) is 0 Å². The van der Waals surface area contributed by atoms with Gasteiger partial charge in [0.15, 0.2) is 5.78 Å². The molecule has 20 heavy (non-hydrogen) atoms. The van der Waals surface area contributed by atoms with E-state index in [9.17, 15) is 4.79 Å². The molecule has 1 aliphatic heterocycles. The Hall–Kier alpha value is -1.19. The van der Waals surface area contributed by atoms with Crippen molar-refractivity contribution in [3.05, 3.63) is 35.4 Å². The number of ketones is 1. The summed E-state index contributed by atoms with van der Waals surface area (Å²) in [6.45, 7) is 4.79. The molecule has 110 valence electrons. The molecule has 0 saturated carbocycles. The molecule has 0 radical (unpaired) electrons. The molecule has 1 aromatic carbocycles. The highest BCUT2D eigenvalue weighted by Gasteiger charge is 2.26. The summed E-state index contributed by atoms with van der Waals surface area (Å²) >= 11 is 0. The third-order valence-corrected chi connectivity index (χ3v) is 4.11. The normalized spacial score (nSPS) is 19.7. The summed E-state index contributed by atoms with van der Waals surface area (Å²) < 4.78 is 0. The highest BCUT2D eigenvalue weighted by molar-refractivity contribution is 5.97. The molecule has 0 amide bonds. The molecule has 1 fully saturated rings. The molecule has 1 aliphatic rings. The molecule has 1 saturated heterocycles. The first-order valence-electron chi connectivity index (χ1n) is 7.61. The van der Waals surface area contributed by atoms with Crippen molar-refractivity contribution in [3.63, 3.8) is 0 Å². The van der Waals surface area contributed by atoms with Crippen LogP contribution in [-0.4, -0.2) is 55.4 Å². The summed E-state index contributed by atoms with van der Waals surface area (Å²) in [6, 6.07) is 8.60. The lowest BCUT2D eigenvalue weighted by molar-refractivity contribution is 0.0910. The zero-order valence-electron chi connectivity index (χ0n) is 12.9. The predicted molar refractivity (Wildman–Crippen MR) is 83.3 cm³/mol. The van der Waals surface area contributed by atoms with Crippen LogP contribution in [0.4, 0.5) is 0 Å². The van der Waals surface area contributed by atoms with Gasteiger partial charge in [-0.25, -0.2) is 0 Å². The van der Waals surface area contributed by atoms with Crippen LogP contribution < -0.4 is 0 Å². The fourth-order valence-corrected chi connectivity index (χ4v) is 2.93. The van der Waals surface area contributed by atoms with Crippen LogP contribution in [0.2, 0.25) is 0 Å². The molecule has 1 aromatic rings. The molecule has 0 N–H and O–H groups in total. The van der Waals surface area contributed by atoms with E-state index in [2.05, 4.69) is 43.0 Å². The highest BCUT2D eigenvalue weighted by Crippen LogP contribution is 2.18. The molecule has 0 aromatic heterocycles. The Labute approximate surface area is 122 Å². The quantitative estimate of drug-likeness (QED) is 0.745. The first-order valence-corrected chi connectivity index (χ1v) is 7.61. The SMILES string of the molecule is CCc1ccc(C(=O)CN2CCCC2CN(C)C)cc1. The number of carbonyl (C=O) groups is 1. The monoisotopic (exact) mass is 274 g/mol. The Morgan fingerprint density at radius 3 is 2.60 bits per heavy atom. The van der Waals surface area contributed by atoms with E-state index in [4.69, 9.17) is 0 Å². The third kappa shape index (κ3) is 3.90. The van der Waals surface area contributed by atoms with E-state index >= 15 is 0 Å². The number of Topliss-reactive ketones (excluding diaryl/α,β-unsaturated/α-hetero) is 1. The molecule has 3 heteroatoms. The lowest BCUT2D eigenvalue weighted by Crippen LogP contribution is -2.40. The number of hydrogen-bond acceptors (Lipinski definition) is 3. The van der Waals surface area contributed by atoms with E-state index < -0.39 is 0 Å². The number of rotatable bonds is 6. The van der Waals surface area contributed by atoms with Crippen molar-refractivity contribution in [3.8, 4) is 0 Å². The molecule has 0 bridgehead atoms. The van der Waals surface area contributed by atoms with Gasteiger partial charge in [0.1, 0.15) is 0 Å². The zero-order valence-corrected chi connectivity index (χ0v) is 12.9. The Bertz CT molecular complexity index is 439. The summed E-state index contributed by atoms with van der Waals surface area (Å²) in [5.74, 6) is 0.248. The first kappa shape index (κ1) is 15.2. The number of hydrogen-bond donors (Lipinski definition) is 0. The van der Waals surface area contributed by atoms with Crippen LogP contribution in [-0.2, 0) is 6.42 Å². The smallest absolute Gasteiger partial charge is 0.176 e. The summed E-state index contributed by atoms with van der Waals surface area (Å²) in [4.78, 5) is 16.9. The molecular formula is C17H26N2O. The minimum atomic E-state index is 0.248. The fraction of sp³-hybridized carbons (Fsp3) is 0.588. The minimum absolute atomic E-state index is 0.248. The van der Waals surface area contributed by atoms with Gasteiger partial charge in [0.05, 0.1) is 6.54 Å². The summed E-state index contributed by atoms with van der Waals surface area (Å²) in [5.41, 5.74) is 2.13. The van der Waals surface area contributed by atoms with E-state index in [0.29, 0.717) is 12.6 Å². The average molecular weight is 274 g/mol. The maximum Gasteiger partial charge on any atom is 0.176 e. The van der Waals surface area contributed by atoms with Gasteiger partial charge in [0.25, 0.3) is 0 Å². The highest BCUT2D eigenvalue weighted by atomic mass is 16.1. The predicted octanol–water partition coefficient (Wildman–Crippen LogP) is 2.46. The van der Waals surface area contributed by atoms with Crippen molar-refractivity contribution in [2.24, 2.45) is 0 Å². The second kappa shape index (κ2) is 7.00. The lowest BCUT2D eigenvalue weighted by atomic mass is 10.1. The van der Waals surface area contributed by atoms with Gasteiger partial charge in [-0.1, -0.05) is 31.2 Å². The first-order chi connectivity index (χ1) is 9.60. The van der Waals surface area contributed by atoms with Gasteiger partial charge in [-0.3, -0.25) is 9.69 Å². The maximum atomic E-state index is 12.4. The molecular weight excluding hydrogens is 248 g/mol. The Morgan fingerprint density at radius 1 is 1.30 bits per heavy atom. The lowest BCUT2D eigenvalue weighted by Gasteiger charge is -2.26. The molecule has 0 aliphatic carbocycles. The van der Waals surface area contributed by atoms with Crippen LogP contribution >= 0.6 is 0 Å². The van der Waals surface area contributed by atoms with Gasteiger partial charge in [-0.2, -0.15) is 0 Å². The largest absolute Gasteiger partial charge is 0.308 e. The van der Waals surface area contributed by atoms with Crippen LogP contribution in [0.25, 0.3) is 0 Å². The topological polar surface area (TPSA) is 23.6 Å². The number of likely N-dealkylation sites (N-methyl/N-ethyl adjacent to an activating group) is 1. The van der Waals surface area contributed by atoms with Gasteiger partial charge in [0, 0.05) is 18.2 Å². The summed E-state index contributed by atoms with van der Waals surface area (Å²) in [5, 5.41) is 0. The van der Waals surface area contributed by atoms with E-state index in [1.54, 1.807) is 0 Å². The Kier molecular flexibility index (Phi) is 5.32. The molecule has 1 unspecified atom stereocenters. The fourth-order valence-electron chi connectivity index (χ4n) is 2.93.